The lowest BCUT2D eigenvalue weighted by molar-refractivity contribution is -0.123. The number of unbranched alkanes of at least 4 members (excludes halogenated alkanes) is 50. The molecule has 2 unspecified atom stereocenters. The number of rotatable bonds is 71. The van der Waals surface area contributed by atoms with Crippen LogP contribution < -0.4 is 5.32 Å². The van der Waals surface area contributed by atoms with Gasteiger partial charge in [0.25, 0.3) is 0 Å². The van der Waals surface area contributed by atoms with E-state index in [1.54, 1.807) is 6.08 Å². The molecule has 0 aromatic rings. The highest BCUT2D eigenvalue weighted by Gasteiger charge is 2.18. The molecule has 500 valence electrons. The predicted molar refractivity (Wildman–Crippen MR) is 387 cm³/mol. The average Bonchev–Trinajstić information content (AvgIpc) is 3.59. The molecule has 0 heterocycles. The first-order valence-electron chi connectivity index (χ1n) is 38.5. The topological polar surface area (TPSA) is 69.6 Å². The van der Waals surface area contributed by atoms with Crippen LogP contribution in [0.2, 0.25) is 0 Å². The highest BCUT2D eigenvalue weighted by molar-refractivity contribution is 5.76. The molecule has 0 saturated heterocycles. The maximum Gasteiger partial charge on any atom is 0.220 e. The van der Waals surface area contributed by atoms with E-state index >= 15 is 0 Å². The van der Waals surface area contributed by atoms with Crippen LogP contribution in [0.3, 0.4) is 0 Å². The van der Waals surface area contributed by atoms with Gasteiger partial charge in [0.1, 0.15) is 0 Å². The molecule has 3 N–H and O–H groups in total. The summed E-state index contributed by atoms with van der Waals surface area (Å²) in [5, 5.41) is 23.4. The molecule has 86 heavy (non-hydrogen) atoms. The summed E-state index contributed by atoms with van der Waals surface area (Å²) in [5.74, 6) is -0.0588. The van der Waals surface area contributed by atoms with Gasteiger partial charge in [0.05, 0.1) is 18.8 Å². The Balaban J connectivity index is 3.45. The van der Waals surface area contributed by atoms with E-state index < -0.39 is 12.1 Å². The Kier molecular flexibility index (Phi) is 74.2. The molecule has 0 aliphatic carbocycles. The lowest BCUT2D eigenvalue weighted by Crippen LogP contribution is -2.45. The van der Waals surface area contributed by atoms with Gasteiger partial charge in [-0.15, -0.1) is 0 Å². The molecule has 0 aromatic carbocycles. The van der Waals surface area contributed by atoms with Gasteiger partial charge in [-0.05, 0) is 77.0 Å². The molecule has 0 radical (unpaired) electrons. The van der Waals surface area contributed by atoms with Crippen molar-refractivity contribution in [2.45, 2.75) is 411 Å². The van der Waals surface area contributed by atoms with Crippen molar-refractivity contribution in [3.63, 3.8) is 0 Å². The van der Waals surface area contributed by atoms with Crippen molar-refractivity contribution in [1.82, 2.24) is 5.32 Å². The van der Waals surface area contributed by atoms with Crippen LogP contribution in [0.25, 0.3) is 0 Å². The zero-order valence-electron chi connectivity index (χ0n) is 57.8. The van der Waals surface area contributed by atoms with Crippen molar-refractivity contribution >= 4 is 5.91 Å². The fraction of sp³-hybridized carbons (Fsp3) is 0.793. The summed E-state index contributed by atoms with van der Waals surface area (Å²) in [7, 11) is 0. The largest absolute Gasteiger partial charge is 0.394 e. The number of aliphatic hydroxyl groups excluding tert-OH is 2. The van der Waals surface area contributed by atoms with Crippen molar-refractivity contribution in [3.8, 4) is 0 Å². The van der Waals surface area contributed by atoms with E-state index in [1.165, 1.54) is 308 Å². The van der Waals surface area contributed by atoms with Crippen LogP contribution in [-0.4, -0.2) is 34.9 Å². The van der Waals surface area contributed by atoms with E-state index in [9.17, 15) is 15.0 Å². The molecule has 0 rings (SSSR count). The monoisotopic (exact) mass is 1200 g/mol. The molecular weight excluding hydrogens is 1050 g/mol. The molecule has 0 bridgehead atoms. The molecule has 0 aliphatic rings. The van der Waals surface area contributed by atoms with E-state index in [0.29, 0.717) is 6.42 Å². The number of allylic oxidation sites excluding steroid dienone is 15. The maximum atomic E-state index is 12.6. The third-order valence-corrected chi connectivity index (χ3v) is 17.6. The Bertz CT molecular complexity index is 1550. The molecule has 0 aliphatic heterocycles. The summed E-state index contributed by atoms with van der Waals surface area (Å²) in [5.41, 5.74) is 0. The molecule has 1 amide bonds. The zero-order valence-corrected chi connectivity index (χ0v) is 57.8. The van der Waals surface area contributed by atoms with Crippen LogP contribution in [-0.2, 0) is 4.79 Å². The van der Waals surface area contributed by atoms with Gasteiger partial charge in [-0.25, -0.2) is 0 Å². The number of amides is 1. The fourth-order valence-electron chi connectivity index (χ4n) is 11.8. The number of carbonyl (C=O) groups excluding carboxylic acids is 1. The second-order valence-corrected chi connectivity index (χ2v) is 26.0. The zero-order chi connectivity index (χ0) is 61.9. The Morgan fingerprint density at radius 1 is 0.291 bits per heavy atom. The summed E-state index contributed by atoms with van der Waals surface area (Å²) < 4.78 is 0. The van der Waals surface area contributed by atoms with Crippen molar-refractivity contribution in [2.24, 2.45) is 0 Å². The number of aliphatic hydroxyl groups is 2. The summed E-state index contributed by atoms with van der Waals surface area (Å²) in [6.07, 6.45) is 114. The van der Waals surface area contributed by atoms with E-state index in [-0.39, 0.29) is 12.5 Å². The molecular formula is C82H149NO3. The summed E-state index contributed by atoms with van der Waals surface area (Å²) in [4.78, 5) is 12.6. The molecule has 4 heteroatoms. The molecule has 0 spiro atoms. The van der Waals surface area contributed by atoms with Crippen molar-refractivity contribution in [3.05, 3.63) is 97.2 Å². The molecule has 2 atom stereocenters. The minimum atomic E-state index is -0.844. The van der Waals surface area contributed by atoms with Crippen molar-refractivity contribution in [1.29, 1.82) is 0 Å². The van der Waals surface area contributed by atoms with E-state index in [1.807, 2.05) is 6.08 Å². The standard InChI is InChI=1S/C82H149NO3/c1-3-5-7-9-11-13-15-17-19-21-23-25-27-29-31-33-35-37-38-39-40-41-42-43-44-46-48-50-52-54-56-58-60-62-64-66-68-70-72-74-76-78-82(86)83-80(79-84)81(85)77-75-73-71-69-67-65-63-61-59-57-55-53-51-49-47-45-36-34-32-30-28-26-24-22-20-18-16-14-12-10-8-6-4-2/h5,7,11,13,17,19,23,25,29,31,35,37,39-40,75,77,80-81,84-85H,3-4,6,8-10,12,14-16,18,20-22,24,26-28,30,32-34,36,38,41-74,76,78-79H2,1-2H3,(H,83,86)/b7-5-,13-11-,19-17-,25-23-,31-29-,37-35-,40-39-,77-75+. The summed E-state index contributed by atoms with van der Waals surface area (Å²) >= 11 is 0. The van der Waals surface area contributed by atoms with Crippen molar-refractivity contribution in [2.75, 3.05) is 6.61 Å². The van der Waals surface area contributed by atoms with Gasteiger partial charge in [0, 0.05) is 6.42 Å². The number of nitrogens with one attached hydrogen (secondary N) is 1. The molecule has 0 aromatic heterocycles. The SMILES string of the molecule is CC/C=C\C/C=C\C/C=C\C/C=C\C/C=C\C/C=C\C/C=C\CCCCCCCCCCCCCCCCCCCCCC(=O)NC(CO)C(O)/C=C/CCCCCCCCCCCCCCCCCCCCCCCCCCCCCCCCC. The number of hydrogen-bond donors (Lipinski definition) is 3. The van der Waals surface area contributed by atoms with Crippen LogP contribution in [0, 0.1) is 0 Å². The molecule has 0 fully saturated rings. The van der Waals surface area contributed by atoms with E-state index in [4.69, 9.17) is 0 Å². The first kappa shape index (κ1) is 83.3. The van der Waals surface area contributed by atoms with E-state index in [0.717, 1.165) is 70.6 Å². The van der Waals surface area contributed by atoms with Gasteiger partial charge in [-0.1, -0.05) is 413 Å². The van der Waals surface area contributed by atoms with Crippen LogP contribution in [0.1, 0.15) is 399 Å². The lowest BCUT2D eigenvalue weighted by atomic mass is 10.0. The number of hydrogen-bond acceptors (Lipinski definition) is 3. The maximum absolute atomic E-state index is 12.6. The third kappa shape index (κ3) is 72.1. The van der Waals surface area contributed by atoms with Crippen LogP contribution in [0.15, 0.2) is 97.2 Å². The smallest absolute Gasteiger partial charge is 0.220 e. The van der Waals surface area contributed by atoms with Crippen LogP contribution in [0.5, 0.6) is 0 Å². The fourth-order valence-corrected chi connectivity index (χ4v) is 11.8. The van der Waals surface area contributed by atoms with Gasteiger partial charge in [0.15, 0.2) is 0 Å². The van der Waals surface area contributed by atoms with Crippen molar-refractivity contribution < 1.29 is 15.0 Å². The Hall–Kier alpha value is -2.69. The van der Waals surface area contributed by atoms with Gasteiger partial charge in [0.2, 0.25) is 5.91 Å². The quantitative estimate of drug-likeness (QED) is 0.0420. The summed E-state index contributed by atoms with van der Waals surface area (Å²) in [6.45, 7) is 4.23. The Labute approximate surface area is 538 Å². The van der Waals surface area contributed by atoms with Crippen LogP contribution >= 0.6 is 0 Å². The minimum absolute atomic E-state index is 0.0588. The molecule has 4 nitrogen and oxygen atoms in total. The lowest BCUT2D eigenvalue weighted by Gasteiger charge is -2.20. The van der Waals surface area contributed by atoms with Gasteiger partial charge >= 0.3 is 0 Å². The van der Waals surface area contributed by atoms with Crippen LogP contribution in [0.4, 0.5) is 0 Å². The second kappa shape index (κ2) is 76.6. The highest BCUT2D eigenvalue weighted by Crippen LogP contribution is 2.19. The Morgan fingerprint density at radius 2 is 0.512 bits per heavy atom. The second-order valence-electron chi connectivity index (χ2n) is 26.0. The predicted octanol–water partition coefficient (Wildman–Crippen LogP) is 26.7. The van der Waals surface area contributed by atoms with E-state index in [2.05, 4.69) is 104 Å². The van der Waals surface area contributed by atoms with Gasteiger partial charge < -0.3 is 15.5 Å². The minimum Gasteiger partial charge on any atom is -0.394 e. The highest BCUT2D eigenvalue weighted by atomic mass is 16.3. The third-order valence-electron chi connectivity index (χ3n) is 17.6. The Morgan fingerprint density at radius 3 is 0.767 bits per heavy atom. The summed E-state index contributed by atoms with van der Waals surface area (Å²) in [6, 6.07) is -0.627. The van der Waals surface area contributed by atoms with Gasteiger partial charge in [-0.3, -0.25) is 4.79 Å². The average molecular weight is 1200 g/mol. The normalized spacial score (nSPS) is 13.2. The first-order valence-corrected chi connectivity index (χ1v) is 38.5. The first-order chi connectivity index (χ1) is 42.7. The number of carbonyl (C=O) groups is 1. The van der Waals surface area contributed by atoms with Gasteiger partial charge in [-0.2, -0.15) is 0 Å². The molecule has 0 saturated carbocycles.